The fourth-order valence-electron chi connectivity index (χ4n) is 2.94. The first-order valence-corrected chi connectivity index (χ1v) is 8.70. The van der Waals surface area contributed by atoms with E-state index in [2.05, 4.69) is 64.1 Å². The Kier molecular flexibility index (Phi) is 4.61. The van der Waals surface area contributed by atoms with E-state index < -0.39 is 0 Å². The lowest BCUT2D eigenvalue weighted by molar-refractivity contribution is 0.217. The van der Waals surface area contributed by atoms with E-state index in [4.69, 9.17) is 9.47 Å². The first-order chi connectivity index (χ1) is 11.1. The topological polar surface area (TPSA) is 18.5 Å². The van der Waals surface area contributed by atoms with Gasteiger partial charge in [-0.2, -0.15) is 0 Å². The molecule has 0 aromatic heterocycles. The Morgan fingerprint density at radius 3 is 1.61 bits per heavy atom. The fourth-order valence-corrected chi connectivity index (χ4v) is 2.94. The molecular weight excluding hydrogens is 284 g/mol. The van der Waals surface area contributed by atoms with Crippen molar-refractivity contribution < 1.29 is 9.47 Å². The van der Waals surface area contributed by atoms with Crippen LogP contribution in [0.15, 0.2) is 36.4 Å². The van der Waals surface area contributed by atoms with Crippen LogP contribution >= 0.6 is 0 Å². The van der Waals surface area contributed by atoms with Gasteiger partial charge in [0.1, 0.15) is 11.5 Å². The molecule has 2 nitrogen and oxygen atoms in total. The first kappa shape index (κ1) is 15.9. The zero-order chi connectivity index (χ0) is 16.4. The Balaban J connectivity index is 1.82. The molecule has 0 radical (unpaired) electrons. The Hall–Kier alpha value is -1.96. The SMILES string of the molecule is CCC(C)Oc1ccc2c(c1)Cc1cc(OC(C)CC)ccc1-2. The summed E-state index contributed by atoms with van der Waals surface area (Å²) in [6.45, 7) is 8.51. The lowest BCUT2D eigenvalue weighted by atomic mass is 10.1. The number of ether oxygens (including phenoxy) is 2. The molecule has 0 fully saturated rings. The van der Waals surface area contributed by atoms with Gasteiger partial charge >= 0.3 is 0 Å². The highest BCUT2D eigenvalue weighted by atomic mass is 16.5. The minimum Gasteiger partial charge on any atom is -0.491 e. The van der Waals surface area contributed by atoms with E-state index in [9.17, 15) is 0 Å². The average Bonchev–Trinajstić information content (AvgIpc) is 2.91. The monoisotopic (exact) mass is 310 g/mol. The summed E-state index contributed by atoms with van der Waals surface area (Å²) in [5.41, 5.74) is 5.35. The van der Waals surface area contributed by atoms with Crippen LogP contribution in [-0.2, 0) is 6.42 Å². The van der Waals surface area contributed by atoms with Gasteiger partial charge in [-0.25, -0.2) is 0 Å². The van der Waals surface area contributed by atoms with E-state index >= 15 is 0 Å². The molecule has 2 aromatic rings. The quantitative estimate of drug-likeness (QED) is 0.589. The number of benzene rings is 2. The lowest BCUT2D eigenvalue weighted by Gasteiger charge is -2.14. The van der Waals surface area contributed by atoms with E-state index in [0.717, 1.165) is 30.8 Å². The summed E-state index contributed by atoms with van der Waals surface area (Å²) in [6, 6.07) is 12.9. The number of hydrogen-bond donors (Lipinski definition) is 0. The molecule has 2 atom stereocenters. The third-order valence-corrected chi connectivity index (χ3v) is 4.65. The van der Waals surface area contributed by atoms with Gasteiger partial charge in [0, 0.05) is 0 Å². The van der Waals surface area contributed by atoms with Crippen molar-refractivity contribution in [1.82, 2.24) is 0 Å². The Morgan fingerprint density at radius 1 is 0.783 bits per heavy atom. The predicted octanol–water partition coefficient (Wildman–Crippen LogP) is 5.61. The molecule has 122 valence electrons. The Labute approximate surface area is 139 Å². The summed E-state index contributed by atoms with van der Waals surface area (Å²) in [4.78, 5) is 0. The summed E-state index contributed by atoms with van der Waals surface area (Å²) in [5, 5.41) is 0. The van der Waals surface area contributed by atoms with E-state index in [1.165, 1.54) is 22.3 Å². The maximum absolute atomic E-state index is 5.95. The van der Waals surface area contributed by atoms with E-state index in [1.807, 2.05) is 0 Å². The van der Waals surface area contributed by atoms with Crippen LogP contribution in [0.1, 0.15) is 51.7 Å². The third-order valence-electron chi connectivity index (χ3n) is 4.65. The summed E-state index contributed by atoms with van der Waals surface area (Å²) in [6.07, 6.45) is 3.51. The van der Waals surface area contributed by atoms with Crippen LogP contribution < -0.4 is 9.47 Å². The van der Waals surface area contributed by atoms with Crippen molar-refractivity contribution in [2.24, 2.45) is 0 Å². The van der Waals surface area contributed by atoms with Gasteiger partial charge in [-0.3, -0.25) is 0 Å². The van der Waals surface area contributed by atoms with Crippen LogP contribution in [0.5, 0.6) is 11.5 Å². The molecule has 1 aliphatic carbocycles. The molecule has 0 spiro atoms. The van der Waals surface area contributed by atoms with Crippen molar-refractivity contribution in [3.63, 3.8) is 0 Å². The molecule has 2 aromatic carbocycles. The number of rotatable bonds is 6. The fraction of sp³-hybridized carbons (Fsp3) is 0.429. The zero-order valence-corrected chi connectivity index (χ0v) is 14.6. The average molecular weight is 310 g/mol. The molecule has 0 saturated carbocycles. The molecule has 23 heavy (non-hydrogen) atoms. The van der Waals surface area contributed by atoms with E-state index in [1.54, 1.807) is 0 Å². The van der Waals surface area contributed by atoms with Gasteiger partial charge in [0.05, 0.1) is 12.2 Å². The van der Waals surface area contributed by atoms with Crippen LogP contribution in [0.25, 0.3) is 11.1 Å². The highest BCUT2D eigenvalue weighted by Crippen LogP contribution is 2.40. The van der Waals surface area contributed by atoms with Crippen molar-refractivity contribution in [2.75, 3.05) is 0 Å². The standard InChI is InChI=1S/C21H26O2/c1-5-14(3)22-18-7-9-20-16(12-18)11-17-13-19(8-10-21(17)20)23-15(4)6-2/h7-10,12-15H,5-6,11H2,1-4H3. The van der Waals surface area contributed by atoms with Gasteiger partial charge in [0.15, 0.2) is 0 Å². The van der Waals surface area contributed by atoms with Gasteiger partial charge in [0.25, 0.3) is 0 Å². The molecule has 0 bridgehead atoms. The first-order valence-electron chi connectivity index (χ1n) is 8.70. The van der Waals surface area contributed by atoms with Crippen molar-refractivity contribution in [2.45, 2.75) is 59.2 Å². The van der Waals surface area contributed by atoms with Crippen LogP contribution in [0.4, 0.5) is 0 Å². The number of fused-ring (bicyclic) bond motifs is 3. The third kappa shape index (κ3) is 3.36. The highest BCUT2D eigenvalue weighted by Gasteiger charge is 2.20. The number of hydrogen-bond acceptors (Lipinski definition) is 2. The molecule has 3 rings (SSSR count). The van der Waals surface area contributed by atoms with Crippen molar-refractivity contribution in [3.8, 4) is 22.6 Å². The lowest BCUT2D eigenvalue weighted by Crippen LogP contribution is -2.09. The molecule has 0 N–H and O–H groups in total. The van der Waals surface area contributed by atoms with Gasteiger partial charge in [0.2, 0.25) is 0 Å². The normalized spacial score (nSPS) is 14.8. The zero-order valence-electron chi connectivity index (χ0n) is 14.6. The van der Waals surface area contributed by atoms with Crippen LogP contribution in [-0.4, -0.2) is 12.2 Å². The van der Waals surface area contributed by atoms with Gasteiger partial charge < -0.3 is 9.47 Å². The van der Waals surface area contributed by atoms with Crippen LogP contribution in [0.3, 0.4) is 0 Å². The molecule has 0 saturated heterocycles. The largest absolute Gasteiger partial charge is 0.491 e. The van der Waals surface area contributed by atoms with Gasteiger partial charge in [-0.1, -0.05) is 26.0 Å². The minimum atomic E-state index is 0.257. The second-order valence-electron chi connectivity index (χ2n) is 6.49. The molecule has 2 unspecified atom stereocenters. The second-order valence-corrected chi connectivity index (χ2v) is 6.49. The molecule has 1 aliphatic rings. The predicted molar refractivity (Wildman–Crippen MR) is 95.4 cm³/mol. The van der Waals surface area contributed by atoms with Crippen molar-refractivity contribution in [1.29, 1.82) is 0 Å². The van der Waals surface area contributed by atoms with Gasteiger partial charge in [-0.05, 0) is 79.6 Å². The van der Waals surface area contributed by atoms with Gasteiger partial charge in [-0.15, -0.1) is 0 Å². The summed E-state index contributed by atoms with van der Waals surface area (Å²) < 4.78 is 11.9. The van der Waals surface area contributed by atoms with Crippen LogP contribution in [0.2, 0.25) is 0 Å². The smallest absolute Gasteiger partial charge is 0.120 e. The molecule has 0 heterocycles. The Morgan fingerprint density at radius 2 is 1.22 bits per heavy atom. The highest BCUT2D eigenvalue weighted by molar-refractivity contribution is 5.78. The maximum atomic E-state index is 5.95. The minimum absolute atomic E-state index is 0.257. The van der Waals surface area contributed by atoms with Crippen molar-refractivity contribution >= 4 is 0 Å². The maximum Gasteiger partial charge on any atom is 0.120 e. The summed E-state index contributed by atoms with van der Waals surface area (Å²) in [5.74, 6) is 1.95. The molecule has 0 aliphatic heterocycles. The molecule has 2 heteroatoms. The van der Waals surface area contributed by atoms with Crippen LogP contribution in [0, 0.1) is 0 Å². The second kappa shape index (κ2) is 6.66. The molecule has 0 amide bonds. The summed E-state index contributed by atoms with van der Waals surface area (Å²) >= 11 is 0. The van der Waals surface area contributed by atoms with E-state index in [-0.39, 0.29) is 12.2 Å². The molecular formula is C21H26O2. The van der Waals surface area contributed by atoms with E-state index in [0.29, 0.717) is 0 Å². The Bertz CT molecular complexity index is 631. The summed E-state index contributed by atoms with van der Waals surface area (Å²) in [7, 11) is 0. The van der Waals surface area contributed by atoms with Crippen molar-refractivity contribution in [3.05, 3.63) is 47.5 Å².